The highest BCUT2D eigenvalue weighted by atomic mass is 31.1. The zero-order valence-corrected chi connectivity index (χ0v) is 15.6. The van der Waals surface area contributed by atoms with Crippen molar-refractivity contribution in [3.8, 4) is 0 Å². The first kappa shape index (κ1) is 17.5. The van der Waals surface area contributed by atoms with Gasteiger partial charge in [0.1, 0.15) is 0 Å². The average Bonchev–Trinajstić information content (AvgIpc) is 2.63. The number of allylic oxidation sites excluding steroid dienone is 4. The summed E-state index contributed by atoms with van der Waals surface area (Å²) in [7, 11) is -0.452. The van der Waals surface area contributed by atoms with Gasteiger partial charge in [0, 0.05) is 5.92 Å². The molecule has 0 spiro atoms. The topological polar surface area (TPSA) is 34.1 Å². The van der Waals surface area contributed by atoms with Crippen LogP contribution in [-0.4, -0.2) is 5.52 Å². The standard InChI is InChI=1S/C22H21O2P/c1-15-14-16(2)22(21(23)25-24,19-12-8-5-9-13-19)17(3)20(15)18-10-6-4-7-11-18/h4-14,17H,1-3H3. The minimum absolute atomic E-state index is 0.115. The second kappa shape index (κ2) is 6.90. The molecule has 0 saturated heterocycles. The highest BCUT2D eigenvalue weighted by Gasteiger charge is 2.50. The molecule has 1 aliphatic rings. The molecule has 0 bridgehead atoms. The van der Waals surface area contributed by atoms with Crippen LogP contribution in [0, 0.1) is 5.92 Å². The van der Waals surface area contributed by atoms with Crippen molar-refractivity contribution in [2.24, 2.45) is 5.92 Å². The van der Waals surface area contributed by atoms with Crippen LogP contribution < -0.4 is 0 Å². The fourth-order valence-corrected chi connectivity index (χ4v) is 4.88. The summed E-state index contributed by atoms with van der Waals surface area (Å²) < 4.78 is 11.7. The summed E-state index contributed by atoms with van der Waals surface area (Å²) in [6.07, 6.45) is 2.07. The molecule has 0 N–H and O–H groups in total. The van der Waals surface area contributed by atoms with Gasteiger partial charge in [0.25, 0.3) is 0 Å². The Morgan fingerprint density at radius 2 is 1.52 bits per heavy atom. The van der Waals surface area contributed by atoms with Crippen molar-refractivity contribution in [2.45, 2.75) is 26.2 Å². The molecule has 2 unspecified atom stereocenters. The Bertz CT molecular complexity index is 865. The summed E-state index contributed by atoms with van der Waals surface area (Å²) >= 11 is 0. The van der Waals surface area contributed by atoms with Crippen LogP contribution in [0.5, 0.6) is 0 Å². The molecule has 2 atom stereocenters. The van der Waals surface area contributed by atoms with Crippen molar-refractivity contribution in [3.63, 3.8) is 0 Å². The van der Waals surface area contributed by atoms with Gasteiger partial charge in [0.2, 0.25) is 14.0 Å². The minimum atomic E-state index is -0.907. The van der Waals surface area contributed by atoms with Crippen LogP contribution >= 0.6 is 8.46 Å². The third-order valence-electron chi connectivity index (χ3n) is 5.30. The molecule has 2 nitrogen and oxygen atoms in total. The number of hydrogen-bond donors (Lipinski definition) is 0. The van der Waals surface area contributed by atoms with Gasteiger partial charge >= 0.3 is 0 Å². The first-order valence-electron chi connectivity index (χ1n) is 8.41. The molecule has 1 aliphatic carbocycles. The second-order valence-corrected chi connectivity index (χ2v) is 7.17. The zero-order chi connectivity index (χ0) is 18.0. The Morgan fingerprint density at radius 1 is 0.960 bits per heavy atom. The third-order valence-corrected chi connectivity index (χ3v) is 5.82. The van der Waals surface area contributed by atoms with E-state index in [1.54, 1.807) is 0 Å². The van der Waals surface area contributed by atoms with Gasteiger partial charge in [0.05, 0.1) is 5.41 Å². The van der Waals surface area contributed by atoms with Crippen molar-refractivity contribution in [3.05, 3.63) is 89.0 Å². The first-order valence-corrected chi connectivity index (χ1v) is 9.23. The van der Waals surface area contributed by atoms with Gasteiger partial charge in [-0.2, -0.15) is 0 Å². The van der Waals surface area contributed by atoms with Gasteiger partial charge in [-0.15, -0.1) is 0 Å². The van der Waals surface area contributed by atoms with Gasteiger partial charge in [-0.05, 0) is 36.1 Å². The highest BCUT2D eigenvalue weighted by molar-refractivity contribution is 7.46. The molecule has 2 aromatic carbocycles. The minimum Gasteiger partial charge on any atom is -0.284 e. The van der Waals surface area contributed by atoms with Crippen LogP contribution in [0.15, 0.2) is 77.9 Å². The van der Waals surface area contributed by atoms with Crippen LogP contribution in [0.4, 0.5) is 0 Å². The molecule has 0 radical (unpaired) electrons. The predicted molar refractivity (Wildman–Crippen MR) is 103 cm³/mol. The molecule has 0 fully saturated rings. The quantitative estimate of drug-likeness (QED) is 0.653. The second-order valence-electron chi connectivity index (χ2n) is 6.58. The Labute approximate surface area is 150 Å². The Kier molecular flexibility index (Phi) is 4.83. The van der Waals surface area contributed by atoms with E-state index in [-0.39, 0.29) is 11.4 Å². The lowest BCUT2D eigenvalue weighted by Crippen LogP contribution is -2.43. The van der Waals surface area contributed by atoms with Crippen molar-refractivity contribution in [2.75, 3.05) is 0 Å². The van der Waals surface area contributed by atoms with E-state index in [1.807, 2.05) is 55.5 Å². The van der Waals surface area contributed by atoms with Gasteiger partial charge in [-0.25, -0.2) is 0 Å². The lowest BCUT2D eigenvalue weighted by Gasteiger charge is -2.42. The Morgan fingerprint density at radius 3 is 2.08 bits per heavy atom. The number of carbonyl (C=O) groups excluding carboxylic acids is 1. The molecule has 25 heavy (non-hydrogen) atoms. The molecule has 3 heteroatoms. The normalized spacial score (nSPS) is 23.5. The van der Waals surface area contributed by atoms with Gasteiger partial charge in [0.15, 0.2) is 0 Å². The number of carbonyl (C=O) groups is 1. The summed E-state index contributed by atoms with van der Waals surface area (Å²) in [5.41, 5.74) is 4.02. The van der Waals surface area contributed by atoms with Crippen LogP contribution in [0.2, 0.25) is 0 Å². The van der Waals surface area contributed by atoms with Crippen LogP contribution in [0.1, 0.15) is 31.9 Å². The van der Waals surface area contributed by atoms with Crippen LogP contribution in [0.3, 0.4) is 0 Å². The average molecular weight is 348 g/mol. The zero-order valence-electron chi connectivity index (χ0n) is 14.7. The van der Waals surface area contributed by atoms with E-state index >= 15 is 0 Å². The third kappa shape index (κ3) is 2.71. The predicted octanol–water partition coefficient (Wildman–Crippen LogP) is 5.81. The highest BCUT2D eigenvalue weighted by Crippen LogP contribution is 2.51. The molecule has 126 valence electrons. The van der Waals surface area contributed by atoms with Crippen LogP contribution in [-0.2, 0) is 14.8 Å². The molecule has 0 amide bonds. The molecule has 2 aromatic rings. The van der Waals surface area contributed by atoms with E-state index in [0.29, 0.717) is 0 Å². The van der Waals surface area contributed by atoms with Crippen molar-refractivity contribution in [1.29, 1.82) is 0 Å². The van der Waals surface area contributed by atoms with Gasteiger partial charge < -0.3 is 0 Å². The Balaban J connectivity index is 2.30. The Hall–Kier alpha value is -2.31. The molecule has 0 aliphatic heterocycles. The number of benzene rings is 2. The van der Waals surface area contributed by atoms with E-state index in [9.17, 15) is 9.36 Å². The molecule has 3 rings (SSSR count). The summed E-state index contributed by atoms with van der Waals surface area (Å²) in [4.78, 5) is 13.0. The SMILES string of the molecule is CC1=CC(C)=C(c2ccccc2)C(C)C1(C(=O)P=O)c1ccccc1. The van der Waals surface area contributed by atoms with Gasteiger partial charge in [-0.1, -0.05) is 79.2 Å². The summed E-state index contributed by atoms with van der Waals surface area (Å²) in [5.74, 6) is -0.115. The largest absolute Gasteiger partial charge is 0.284 e. The fourth-order valence-electron chi connectivity index (χ4n) is 4.24. The molecule has 0 heterocycles. The van der Waals surface area contributed by atoms with E-state index in [4.69, 9.17) is 0 Å². The number of rotatable bonds is 4. The summed E-state index contributed by atoms with van der Waals surface area (Å²) in [6.45, 7) is 6.12. The lowest BCUT2D eigenvalue weighted by molar-refractivity contribution is -0.116. The lowest BCUT2D eigenvalue weighted by atomic mass is 9.60. The maximum atomic E-state index is 13.0. The van der Waals surface area contributed by atoms with E-state index in [2.05, 4.69) is 32.1 Å². The molecule has 0 saturated carbocycles. The van der Waals surface area contributed by atoms with Crippen molar-refractivity contribution < 1.29 is 9.36 Å². The van der Waals surface area contributed by atoms with Crippen LogP contribution in [0.25, 0.3) is 5.57 Å². The van der Waals surface area contributed by atoms with Gasteiger partial charge in [-0.3, -0.25) is 9.36 Å². The van der Waals surface area contributed by atoms with E-state index in [0.717, 1.165) is 27.8 Å². The maximum Gasteiger partial charge on any atom is 0.237 e. The molecule has 0 aromatic heterocycles. The smallest absolute Gasteiger partial charge is 0.237 e. The van der Waals surface area contributed by atoms with Crippen molar-refractivity contribution in [1.82, 2.24) is 0 Å². The number of hydrogen-bond acceptors (Lipinski definition) is 2. The summed E-state index contributed by atoms with van der Waals surface area (Å²) in [6, 6.07) is 19.8. The fraction of sp³-hybridized carbons (Fsp3) is 0.227. The monoisotopic (exact) mass is 348 g/mol. The van der Waals surface area contributed by atoms with E-state index in [1.165, 1.54) is 0 Å². The maximum absolute atomic E-state index is 13.0. The molecular weight excluding hydrogens is 327 g/mol. The van der Waals surface area contributed by atoms with E-state index < -0.39 is 13.9 Å². The summed E-state index contributed by atoms with van der Waals surface area (Å²) in [5, 5.41) is 0. The van der Waals surface area contributed by atoms with Crippen molar-refractivity contribution >= 4 is 19.6 Å². The first-order chi connectivity index (χ1) is 12.0. The molecular formula is C22H21O2P.